The Morgan fingerprint density at radius 1 is 1.30 bits per heavy atom. The predicted molar refractivity (Wildman–Crippen MR) is 88.7 cm³/mol. The summed E-state index contributed by atoms with van der Waals surface area (Å²) in [7, 11) is 1.25. The van der Waals surface area contributed by atoms with Crippen LogP contribution < -0.4 is 5.32 Å². The molecule has 3 heterocycles. The first kappa shape index (κ1) is 16.9. The van der Waals surface area contributed by atoms with Crippen molar-refractivity contribution in [1.82, 2.24) is 25.2 Å². The van der Waals surface area contributed by atoms with Crippen LogP contribution in [0.5, 0.6) is 0 Å². The van der Waals surface area contributed by atoms with Crippen LogP contribution >= 0.6 is 0 Å². The number of methoxy groups -OCH3 is 1. The SMILES string of the molecule is COC(=O)c1cn(-c2cccc3c2CN(C2CCC(=O)NC2=O)C3=O)nn1. The van der Waals surface area contributed by atoms with Gasteiger partial charge >= 0.3 is 5.97 Å². The molecule has 1 atom stereocenters. The molecular formula is C17H15N5O5. The second-order valence-corrected chi connectivity index (χ2v) is 6.24. The number of nitrogens with one attached hydrogen (secondary N) is 1. The van der Waals surface area contributed by atoms with Gasteiger partial charge in [-0.25, -0.2) is 9.48 Å². The van der Waals surface area contributed by atoms with Gasteiger partial charge in [0, 0.05) is 24.1 Å². The van der Waals surface area contributed by atoms with Crippen LogP contribution in [-0.4, -0.2) is 56.7 Å². The molecule has 0 saturated carbocycles. The number of fused-ring (bicyclic) bond motifs is 1. The van der Waals surface area contributed by atoms with E-state index in [1.165, 1.54) is 22.9 Å². The highest BCUT2D eigenvalue weighted by Crippen LogP contribution is 2.31. The monoisotopic (exact) mass is 369 g/mol. The molecule has 1 saturated heterocycles. The van der Waals surface area contributed by atoms with Crippen molar-refractivity contribution in [3.05, 3.63) is 41.2 Å². The fourth-order valence-corrected chi connectivity index (χ4v) is 3.36. The van der Waals surface area contributed by atoms with Crippen LogP contribution in [0, 0.1) is 0 Å². The van der Waals surface area contributed by atoms with E-state index in [2.05, 4.69) is 20.4 Å². The van der Waals surface area contributed by atoms with Crippen molar-refractivity contribution in [2.24, 2.45) is 0 Å². The van der Waals surface area contributed by atoms with Gasteiger partial charge in [0.15, 0.2) is 5.69 Å². The predicted octanol–water partition coefficient (Wildman–Crippen LogP) is -0.185. The molecule has 1 unspecified atom stereocenters. The van der Waals surface area contributed by atoms with E-state index in [1.54, 1.807) is 18.2 Å². The summed E-state index contributed by atoms with van der Waals surface area (Å²) in [6, 6.07) is 4.41. The summed E-state index contributed by atoms with van der Waals surface area (Å²) in [5.41, 5.74) is 1.75. The number of carbonyl (C=O) groups is 4. The van der Waals surface area contributed by atoms with E-state index >= 15 is 0 Å². The van der Waals surface area contributed by atoms with Gasteiger partial charge in [0.05, 0.1) is 19.0 Å². The number of ether oxygens (including phenoxy) is 1. The molecule has 1 aromatic heterocycles. The summed E-state index contributed by atoms with van der Waals surface area (Å²) in [5.74, 6) is -1.70. The van der Waals surface area contributed by atoms with Crippen LogP contribution in [0.15, 0.2) is 24.4 Å². The number of rotatable bonds is 3. The zero-order valence-electron chi connectivity index (χ0n) is 14.3. The van der Waals surface area contributed by atoms with Crippen LogP contribution in [0.25, 0.3) is 5.69 Å². The molecule has 1 fully saturated rings. The fraction of sp³-hybridized carbons (Fsp3) is 0.294. The van der Waals surface area contributed by atoms with E-state index in [1.807, 2.05) is 0 Å². The third-order valence-electron chi connectivity index (χ3n) is 4.69. The molecular weight excluding hydrogens is 354 g/mol. The van der Waals surface area contributed by atoms with E-state index in [-0.39, 0.29) is 36.9 Å². The Hall–Kier alpha value is -3.56. The number of nitrogens with zero attached hydrogens (tertiary/aromatic N) is 4. The van der Waals surface area contributed by atoms with Crippen LogP contribution in [0.4, 0.5) is 0 Å². The molecule has 138 valence electrons. The maximum absolute atomic E-state index is 12.8. The van der Waals surface area contributed by atoms with Gasteiger partial charge in [-0.2, -0.15) is 0 Å². The summed E-state index contributed by atoms with van der Waals surface area (Å²) < 4.78 is 6.02. The largest absolute Gasteiger partial charge is 0.464 e. The standard InChI is InChI=1S/C17H15N5O5/c1-27-17(26)11-8-22(20-19-11)12-4-2-3-9-10(12)7-21(16(9)25)13-5-6-14(23)18-15(13)24/h2-4,8,13H,5-7H2,1H3,(H,18,23,24). The summed E-state index contributed by atoms with van der Waals surface area (Å²) in [4.78, 5) is 49.4. The lowest BCUT2D eigenvalue weighted by molar-refractivity contribution is -0.136. The Morgan fingerprint density at radius 2 is 2.11 bits per heavy atom. The zero-order valence-corrected chi connectivity index (χ0v) is 14.3. The minimum Gasteiger partial charge on any atom is -0.464 e. The summed E-state index contributed by atoms with van der Waals surface area (Å²) >= 11 is 0. The van der Waals surface area contributed by atoms with Crippen LogP contribution in [0.3, 0.4) is 0 Å². The average molecular weight is 369 g/mol. The molecule has 10 heteroatoms. The van der Waals surface area contributed by atoms with E-state index in [4.69, 9.17) is 0 Å². The van der Waals surface area contributed by atoms with E-state index in [9.17, 15) is 19.2 Å². The van der Waals surface area contributed by atoms with Crippen molar-refractivity contribution in [2.75, 3.05) is 7.11 Å². The van der Waals surface area contributed by atoms with Gasteiger partial charge in [0.25, 0.3) is 5.91 Å². The molecule has 1 N–H and O–H groups in total. The van der Waals surface area contributed by atoms with Crippen molar-refractivity contribution < 1.29 is 23.9 Å². The molecule has 0 radical (unpaired) electrons. The number of imide groups is 1. The van der Waals surface area contributed by atoms with Crippen molar-refractivity contribution >= 4 is 23.7 Å². The molecule has 2 aliphatic heterocycles. The Morgan fingerprint density at radius 3 is 2.85 bits per heavy atom. The Kier molecular flexibility index (Phi) is 3.94. The minimum absolute atomic E-state index is 0.0430. The summed E-state index contributed by atoms with van der Waals surface area (Å²) in [6.45, 7) is 0.198. The highest BCUT2D eigenvalue weighted by atomic mass is 16.5. The van der Waals surface area contributed by atoms with E-state index in [0.29, 0.717) is 16.8 Å². The number of amides is 3. The molecule has 0 aliphatic carbocycles. The van der Waals surface area contributed by atoms with Gasteiger partial charge in [0.2, 0.25) is 11.8 Å². The van der Waals surface area contributed by atoms with Gasteiger partial charge in [-0.15, -0.1) is 5.10 Å². The first-order chi connectivity index (χ1) is 13.0. The van der Waals surface area contributed by atoms with Crippen molar-refractivity contribution in [2.45, 2.75) is 25.4 Å². The van der Waals surface area contributed by atoms with Gasteiger partial charge < -0.3 is 9.64 Å². The van der Waals surface area contributed by atoms with Gasteiger partial charge in [0.1, 0.15) is 6.04 Å². The minimum atomic E-state index is -0.697. The number of aromatic nitrogens is 3. The molecule has 0 bridgehead atoms. The molecule has 2 aromatic rings. The van der Waals surface area contributed by atoms with Gasteiger partial charge in [-0.05, 0) is 18.6 Å². The molecule has 0 spiro atoms. The smallest absolute Gasteiger partial charge is 0.360 e. The number of carbonyl (C=O) groups excluding carboxylic acids is 4. The van der Waals surface area contributed by atoms with Crippen LogP contribution in [0.1, 0.15) is 39.3 Å². The van der Waals surface area contributed by atoms with E-state index in [0.717, 1.165) is 0 Å². The molecule has 27 heavy (non-hydrogen) atoms. The number of esters is 1. The maximum atomic E-state index is 12.8. The lowest BCUT2D eigenvalue weighted by Gasteiger charge is -2.29. The third-order valence-corrected chi connectivity index (χ3v) is 4.69. The highest BCUT2D eigenvalue weighted by molar-refractivity contribution is 6.05. The maximum Gasteiger partial charge on any atom is 0.360 e. The second-order valence-electron chi connectivity index (χ2n) is 6.24. The molecule has 10 nitrogen and oxygen atoms in total. The van der Waals surface area contributed by atoms with Gasteiger partial charge in [-0.3, -0.25) is 19.7 Å². The summed E-state index contributed by atoms with van der Waals surface area (Å²) in [6.07, 6.45) is 1.89. The number of benzene rings is 1. The third kappa shape index (κ3) is 2.75. The first-order valence-corrected chi connectivity index (χ1v) is 8.27. The van der Waals surface area contributed by atoms with Crippen LogP contribution in [0.2, 0.25) is 0 Å². The Labute approximate surface area is 153 Å². The highest BCUT2D eigenvalue weighted by Gasteiger charge is 2.40. The number of piperidine rings is 1. The zero-order chi connectivity index (χ0) is 19.1. The second kappa shape index (κ2) is 6.31. The lowest BCUT2D eigenvalue weighted by atomic mass is 10.0. The quantitative estimate of drug-likeness (QED) is 0.588. The summed E-state index contributed by atoms with van der Waals surface area (Å²) in [5, 5.41) is 9.98. The number of hydrogen-bond acceptors (Lipinski definition) is 7. The molecule has 3 amide bonds. The lowest BCUT2D eigenvalue weighted by Crippen LogP contribution is -2.52. The van der Waals surface area contributed by atoms with Crippen molar-refractivity contribution in [3.8, 4) is 5.69 Å². The van der Waals surface area contributed by atoms with Crippen molar-refractivity contribution in [3.63, 3.8) is 0 Å². The van der Waals surface area contributed by atoms with Crippen molar-refractivity contribution in [1.29, 1.82) is 0 Å². The van der Waals surface area contributed by atoms with Crippen LogP contribution in [-0.2, 0) is 20.9 Å². The Bertz CT molecular complexity index is 982. The Balaban J connectivity index is 1.67. The molecule has 1 aromatic carbocycles. The topological polar surface area (TPSA) is 123 Å². The van der Waals surface area contributed by atoms with E-state index < -0.39 is 17.9 Å². The average Bonchev–Trinajstić information content (AvgIpc) is 3.27. The molecule has 2 aliphatic rings. The molecule has 4 rings (SSSR count). The normalized spacial score (nSPS) is 19.1. The van der Waals surface area contributed by atoms with Gasteiger partial charge in [-0.1, -0.05) is 11.3 Å². The number of hydrogen-bond donors (Lipinski definition) is 1. The first-order valence-electron chi connectivity index (χ1n) is 8.27. The fourth-order valence-electron chi connectivity index (χ4n) is 3.36.